The summed E-state index contributed by atoms with van der Waals surface area (Å²) < 4.78 is 33.9. The molecule has 0 bridgehead atoms. The topological polar surface area (TPSA) is 111 Å². The van der Waals surface area contributed by atoms with Gasteiger partial charge in [-0.3, -0.25) is 14.2 Å². The predicted octanol–water partition coefficient (Wildman–Crippen LogP) is 11.2. The lowest BCUT2D eigenvalue weighted by Crippen LogP contribution is -2.37. The molecule has 0 heterocycles. The first-order valence-corrected chi connectivity index (χ1v) is 22.9. The average molecular weight is 760 g/mol. The van der Waals surface area contributed by atoms with Crippen molar-refractivity contribution in [3.63, 3.8) is 0 Å². The van der Waals surface area contributed by atoms with Crippen LogP contribution in [0.15, 0.2) is 12.2 Å². The fraction of sp³-hybridized carbons (Fsp3) is 0.905. The Labute approximate surface area is 320 Å². The fourth-order valence-electron chi connectivity index (χ4n) is 5.95. The number of phosphoric ester groups is 1. The van der Waals surface area contributed by atoms with Crippen molar-refractivity contribution < 1.29 is 42.1 Å². The van der Waals surface area contributed by atoms with E-state index in [9.17, 15) is 19.0 Å². The highest BCUT2D eigenvalue weighted by Gasteiger charge is 2.21. The molecule has 0 saturated carbocycles. The second-order valence-electron chi connectivity index (χ2n) is 15.7. The van der Waals surface area contributed by atoms with Gasteiger partial charge in [0, 0.05) is 12.8 Å². The van der Waals surface area contributed by atoms with Gasteiger partial charge < -0.3 is 27.9 Å². The van der Waals surface area contributed by atoms with E-state index in [-0.39, 0.29) is 32.0 Å². The maximum Gasteiger partial charge on any atom is 0.306 e. The van der Waals surface area contributed by atoms with Crippen molar-refractivity contribution in [1.82, 2.24) is 0 Å². The molecule has 0 saturated heterocycles. The molecule has 0 aromatic rings. The van der Waals surface area contributed by atoms with Gasteiger partial charge in [-0.2, -0.15) is 0 Å². The quantitative estimate of drug-likeness (QED) is 0.0200. The van der Waals surface area contributed by atoms with E-state index in [2.05, 4.69) is 26.0 Å². The Morgan fingerprint density at radius 3 is 1.50 bits per heavy atom. The van der Waals surface area contributed by atoms with Crippen LogP contribution in [0.5, 0.6) is 0 Å². The minimum Gasteiger partial charge on any atom is -0.756 e. The SMILES string of the molecule is CC/C=C\CCCCCCCCCCCCCC(=O)O[C@H](COC(=O)CCCCCCCCCCCCCCC)COP(=O)([O-])OCC[N+](C)(C)C. The summed E-state index contributed by atoms with van der Waals surface area (Å²) in [7, 11) is 1.17. The number of quaternary nitrogens is 1. The monoisotopic (exact) mass is 760 g/mol. The van der Waals surface area contributed by atoms with Crippen molar-refractivity contribution in [2.24, 2.45) is 0 Å². The summed E-state index contributed by atoms with van der Waals surface area (Å²) in [5.41, 5.74) is 0. The number of phosphoric acid groups is 1. The zero-order valence-electron chi connectivity index (χ0n) is 34.5. The van der Waals surface area contributed by atoms with Crippen LogP contribution < -0.4 is 4.89 Å². The van der Waals surface area contributed by atoms with E-state index >= 15 is 0 Å². The summed E-state index contributed by atoms with van der Waals surface area (Å²) in [6.45, 7) is 4.16. The van der Waals surface area contributed by atoms with E-state index in [1.807, 2.05) is 21.1 Å². The number of hydrogen-bond donors (Lipinski definition) is 0. The van der Waals surface area contributed by atoms with Crippen molar-refractivity contribution in [3.05, 3.63) is 12.2 Å². The Kier molecular flexibility index (Phi) is 34.6. The number of likely N-dealkylation sites (N-methyl/N-ethyl adjacent to an activating group) is 1. The number of esters is 2. The Morgan fingerprint density at radius 2 is 1.04 bits per heavy atom. The standard InChI is InChI=1S/C42H82NO8P/c1-6-8-10-12-14-16-18-20-21-23-25-27-29-31-33-35-42(45)51-40(39-50-52(46,47)49-37-36-43(3,4)5)38-48-41(44)34-32-30-28-26-24-22-19-17-15-13-11-9-7-2/h8,10,40H,6-7,9,11-39H2,1-5H3/b10-8-/t40-/m1/s1. The van der Waals surface area contributed by atoms with E-state index in [1.54, 1.807) is 0 Å². The zero-order valence-corrected chi connectivity index (χ0v) is 35.4. The molecule has 0 fully saturated rings. The lowest BCUT2D eigenvalue weighted by Gasteiger charge is -2.28. The maximum atomic E-state index is 12.6. The fourth-order valence-corrected chi connectivity index (χ4v) is 6.68. The van der Waals surface area contributed by atoms with Gasteiger partial charge in [0.05, 0.1) is 27.7 Å². The molecule has 0 rings (SSSR count). The molecule has 0 aliphatic rings. The molecule has 0 N–H and O–H groups in total. The molecule has 0 aromatic carbocycles. The van der Waals surface area contributed by atoms with Crippen molar-refractivity contribution in [2.45, 2.75) is 200 Å². The van der Waals surface area contributed by atoms with Crippen LogP contribution in [-0.2, 0) is 32.7 Å². The van der Waals surface area contributed by atoms with Crippen molar-refractivity contribution in [3.8, 4) is 0 Å². The van der Waals surface area contributed by atoms with Crippen LogP contribution in [0.4, 0.5) is 0 Å². The van der Waals surface area contributed by atoms with Gasteiger partial charge in [0.1, 0.15) is 19.8 Å². The third-order valence-electron chi connectivity index (χ3n) is 9.30. The molecule has 308 valence electrons. The molecule has 0 aliphatic heterocycles. The van der Waals surface area contributed by atoms with Gasteiger partial charge in [-0.05, 0) is 32.1 Å². The minimum absolute atomic E-state index is 0.0277. The number of nitrogens with zero attached hydrogens (tertiary/aromatic N) is 1. The first-order valence-electron chi connectivity index (χ1n) is 21.4. The van der Waals surface area contributed by atoms with Gasteiger partial charge in [-0.25, -0.2) is 0 Å². The van der Waals surface area contributed by atoms with Crippen LogP contribution >= 0.6 is 7.82 Å². The van der Waals surface area contributed by atoms with E-state index in [4.69, 9.17) is 18.5 Å². The molecule has 0 amide bonds. The summed E-state index contributed by atoms with van der Waals surface area (Å²) in [5, 5.41) is 0. The molecule has 52 heavy (non-hydrogen) atoms. The summed E-state index contributed by atoms with van der Waals surface area (Å²) in [5.74, 6) is -0.827. The third kappa shape index (κ3) is 38.5. The number of carbonyl (C=O) groups excluding carboxylic acids is 2. The highest BCUT2D eigenvalue weighted by atomic mass is 31.2. The molecular weight excluding hydrogens is 677 g/mol. The van der Waals surface area contributed by atoms with Crippen molar-refractivity contribution in [2.75, 3.05) is 47.5 Å². The van der Waals surface area contributed by atoms with Crippen LogP contribution in [0.25, 0.3) is 0 Å². The van der Waals surface area contributed by atoms with Crippen molar-refractivity contribution in [1.29, 1.82) is 0 Å². The Bertz CT molecular complexity index is 907. The van der Waals surface area contributed by atoms with E-state index < -0.39 is 26.5 Å². The maximum absolute atomic E-state index is 12.6. The molecule has 10 heteroatoms. The first kappa shape index (κ1) is 50.8. The zero-order chi connectivity index (χ0) is 38.6. The Balaban J connectivity index is 4.34. The van der Waals surface area contributed by atoms with Crippen molar-refractivity contribution >= 4 is 19.8 Å². The number of rotatable bonds is 39. The second-order valence-corrected chi connectivity index (χ2v) is 17.1. The van der Waals surface area contributed by atoms with Crippen LogP contribution in [0.2, 0.25) is 0 Å². The molecule has 9 nitrogen and oxygen atoms in total. The van der Waals surface area contributed by atoms with Gasteiger partial charge in [0.2, 0.25) is 0 Å². The lowest BCUT2D eigenvalue weighted by atomic mass is 10.0. The van der Waals surface area contributed by atoms with Gasteiger partial charge >= 0.3 is 11.9 Å². The average Bonchev–Trinajstić information content (AvgIpc) is 3.09. The molecule has 0 aromatic heterocycles. The summed E-state index contributed by atoms with van der Waals surface area (Å²) in [6.07, 6.45) is 35.2. The number of carbonyl (C=O) groups is 2. The van der Waals surface area contributed by atoms with Gasteiger partial charge in [-0.15, -0.1) is 0 Å². The molecule has 2 atom stereocenters. The van der Waals surface area contributed by atoms with Gasteiger partial charge in [0.15, 0.2) is 6.10 Å². The van der Waals surface area contributed by atoms with E-state index in [0.717, 1.165) is 44.9 Å². The normalized spacial score (nSPS) is 13.7. The third-order valence-corrected chi connectivity index (χ3v) is 10.3. The minimum atomic E-state index is -4.62. The van der Waals surface area contributed by atoms with E-state index in [0.29, 0.717) is 17.4 Å². The number of ether oxygens (including phenoxy) is 2. The highest BCUT2D eigenvalue weighted by Crippen LogP contribution is 2.38. The summed E-state index contributed by atoms with van der Waals surface area (Å²) in [6, 6.07) is 0. The molecule has 0 radical (unpaired) electrons. The predicted molar refractivity (Wildman–Crippen MR) is 213 cm³/mol. The van der Waals surface area contributed by atoms with Crippen LogP contribution in [0, 0.1) is 0 Å². The van der Waals surface area contributed by atoms with Gasteiger partial charge in [-0.1, -0.05) is 161 Å². The number of unbranched alkanes of at least 4 members (excludes halogenated alkanes) is 23. The highest BCUT2D eigenvalue weighted by molar-refractivity contribution is 7.45. The largest absolute Gasteiger partial charge is 0.756 e. The number of hydrogen-bond acceptors (Lipinski definition) is 8. The van der Waals surface area contributed by atoms with E-state index in [1.165, 1.54) is 116 Å². The lowest BCUT2D eigenvalue weighted by molar-refractivity contribution is -0.870. The summed E-state index contributed by atoms with van der Waals surface area (Å²) >= 11 is 0. The molecule has 1 unspecified atom stereocenters. The molecule has 0 aliphatic carbocycles. The number of allylic oxidation sites excluding steroid dienone is 2. The van der Waals surface area contributed by atoms with Crippen LogP contribution in [-0.4, -0.2) is 70.0 Å². The van der Waals surface area contributed by atoms with Crippen LogP contribution in [0.3, 0.4) is 0 Å². The Hall–Kier alpha value is -1.25. The summed E-state index contributed by atoms with van der Waals surface area (Å²) in [4.78, 5) is 37.4. The van der Waals surface area contributed by atoms with Gasteiger partial charge in [0.25, 0.3) is 7.82 Å². The second kappa shape index (κ2) is 35.5. The smallest absolute Gasteiger partial charge is 0.306 e. The van der Waals surface area contributed by atoms with Crippen LogP contribution in [0.1, 0.15) is 194 Å². The molecule has 0 spiro atoms. The molecular formula is C42H82NO8P. The Morgan fingerprint density at radius 1 is 0.596 bits per heavy atom. The first-order chi connectivity index (χ1) is 25.0.